The minimum Gasteiger partial charge on any atom is -0.487 e. The zero-order valence-corrected chi connectivity index (χ0v) is 12.3. The quantitative estimate of drug-likeness (QED) is 0.773. The molecule has 0 aliphatic rings. The molecule has 0 saturated carbocycles. The highest BCUT2D eigenvalue weighted by Crippen LogP contribution is 2.21. The van der Waals surface area contributed by atoms with E-state index in [1.807, 2.05) is 54.6 Å². The van der Waals surface area contributed by atoms with Crippen LogP contribution in [0.3, 0.4) is 0 Å². The van der Waals surface area contributed by atoms with E-state index >= 15 is 0 Å². The summed E-state index contributed by atoms with van der Waals surface area (Å²) in [5, 5.41) is 9.58. The summed E-state index contributed by atoms with van der Waals surface area (Å²) in [7, 11) is 0. The van der Waals surface area contributed by atoms with Gasteiger partial charge in [-0.25, -0.2) is 4.98 Å². The van der Waals surface area contributed by atoms with Crippen molar-refractivity contribution >= 4 is 0 Å². The standard InChI is InChI=1S/C18H17NO3/c1-13(20)15-8-5-9-17(10-15)21-11-16-12-22-18(19-16)14-6-3-2-4-7-14/h2-10,12-13,20H,11H2,1H3. The maximum Gasteiger partial charge on any atom is 0.226 e. The number of ether oxygens (including phenoxy) is 1. The fourth-order valence-electron chi connectivity index (χ4n) is 2.11. The molecule has 0 spiro atoms. The SMILES string of the molecule is CC(O)c1cccc(OCc2coc(-c3ccccc3)n2)c1. The molecule has 22 heavy (non-hydrogen) atoms. The summed E-state index contributed by atoms with van der Waals surface area (Å²) < 4.78 is 11.2. The summed E-state index contributed by atoms with van der Waals surface area (Å²) in [4.78, 5) is 4.41. The van der Waals surface area contributed by atoms with Crippen molar-refractivity contribution < 1.29 is 14.3 Å². The fraction of sp³-hybridized carbons (Fsp3) is 0.167. The first kappa shape index (κ1) is 14.4. The zero-order chi connectivity index (χ0) is 15.4. The van der Waals surface area contributed by atoms with Crippen molar-refractivity contribution in [2.75, 3.05) is 0 Å². The van der Waals surface area contributed by atoms with Gasteiger partial charge in [0, 0.05) is 5.56 Å². The van der Waals surface area contributed by atoms with Gasteiger partial charge in [-0.15, -0.1) is 0 Å². The van der Waals surface area contributed by atoms with E-state index in [-0.39, 0.29) is 0 Å². The number of nitrogens with zero attached hydrogens (tertiary/aromatic N) is 1. The number of oxazole rings is 1. The van der Waals surface area contributed by atoms with Crippen LogP contribution in [0, 0.1) is 0 Å². The molecule has 1 N–H and O–H groups in total. The van der Waals surface area contributed by atoms with Crippen molar-refractivity contribution in [3.8, 4) is 17.2 Å². The Morgan fingerprint density at radius 2 is 1.95 bits per heavy atom. The average Bonchev–Trinajstić information content (AvgIpc) is 3.03. The third-order valence-corrected chi connectivity index (χ3v) is 3.30. The first-order chi connectivity index (χ1) is 10.7. The summed E-state index contributed by atoms with van der Waals surface area (Å²) in [6.45, 7) is 2.04. The van der Waals surface area contributed by atoms with Crippen LogP contribution in [-0.2, 0) is 6.61 Å². The molecule has 3 aromatic rings. The minimum atomic E-state index is -0.514. The normalized spacial score (nSPS) is 12.1. The molecule has 0 bridgehead atoms. The lowest BCUT2D eigenvalue weighted by atomic mass is 10.1. The van der Waals surface area contributed by atoms with Crippen LogP contribution in [0.25, 0.3) is 11.5 Å². The third kappa shape index (κ3) is 3.35. The van der Waals surface area contributed by atoms with Gasteiger partial charge < -0.3 is 14.3 Å². The van der Waals surface area contributed by atoms with Gasteiger partial charge in [-0.05, 0) is 36.8 Å². The predicted octanol–water partition coefficient (Wildman–Crippen LogP) is 3.97. The van der Waals surface area contributed by atoms with E-state index in [1.54, 1.807) is 13.2 Å². The Morgan fingerprint density at radius 1 is 1.14 bits per heavy atom. The lowest BCUT2D eigenvalue weighted by Gasteiger charge is -2.08. The van der Waals surface area contributed by atoms with Gasteiger partial charge in [0.05, 0.1) is 6.10 Å². The Hall–Kier alpha value is -2.59. The highest BCUT2D eigenvalue weighted by molar-refractivity contribution is 5.52. The van der Waals surface area contributed by atoms with Gasteiger partial charge in [0.2, 0.25) is 5.89 Å². The van der Waals surface area contributed by atoms with Gasteiger partial charge in [-0.2, -0.15) is 0 Å². The summed E-state index contributed by atoms with van der Waals surface area (Å²) in [5.74, 6) is 1.28. The number of aliphatic hydroxyl groups excluding tert-OH is 1. The van der Waals surface area contributed by atoms with Crippen molar-refractivity contribution in [3.63, 3.8) is 0 Å². The molecule has 0 aliphatic carbocycles. The molecule has 4 nitrogen and oxygen atoms in total. The van der Waals surface area contributed by atoms with E-state index < -0.39 is 6.10 Å². The van der Waals surface area contributed by atoms with Gasteiger partial charge >= 0.3 is 0 Å². The number of rotatable bonds is 5. The van der Waals surface area contributed by atoms with E-state index in [2.05, 4.69) is 4.98 Å². The van der Waals surface area contributed by atoms with Crippen molar-refractivity contribution in [3.05, 3.63) is 72.1 Å². The Labute approximate surface area is 129 Å². The molecular formula is C18H17NO3. The van der Waals surface area contributed by atoms with Crippen LogP contribution in [-0.4, -0.2) is 10.1 Å². The highest BCUT2D eigenvalue weighted by Gasteiger charge is 2.07. The summed E-state index contributed by atoms with van der Waals surface area (Å²) in [5.41, 5.74) is 2.48. The molecule has 2 aromatic carbocycles. The second-order valence-electron chi connectivity index (χ2n) is 5.05. The van der Waals surface area contributed by atoms with Crippen LogP contribution in [0.5, 0.6) is 5.75 Å². The highest BCUT2D eigenvalue weighted by atomic mass is 16.5. The maximum absolute atomic E-state index is 9.58. The summed E-state index contributed by atoms with van der Waals surface area (Å²) >= 11 is 0. The number of benzene rings is 2. The monoisotopic (exact) mass is 295 g/mol. The maximum atomic E-state index is 9.58. The van der Waals surface area contributed by atoms with E-state index in [9.17, 15) is 5.11 Å². The first-order valence-corrected chi connectivity index (χ1v) is 7.13. The van der Waals surface area contributed by atoms with Crippen LogP contribution in [0.15, 0.2) is 65.3 Å². The molecule has 4 heteroatoms. The molecule has 0 amide bonds. The van der Waals surface area contributed by atoms with E-state index in [4.69, 9.17) is 9.15 Å². The molecular weight excluding hydrogens is 278 g/mol. The molecule has 1 unspecified atom stereocenters. The Bertz CT molecular complexity index is 735. The number of aliphatic hydroxyl groups is 1. The molecule has 0 aliphatic heterocycles. The second kappa shape index (κ2) is 6.45. The molecule has 112 valence electrons. The molecule has 1 aromatic heterocycles. The van der Waals surface area contributed by atoms with Crippen molar-refractivity contribution in [2.24, 2.45) is 0 Å². The Balaban J connectivity index is 1.67. The first-order valence-electron chi connectivity index (χ1n) is 7.13. The largest absolute Gasteiger partial charge is 0.487 e. The van der Waals surface area contributed by atoms with Crippen LogP contribution in [0.4, 0.5) is 0 Å². The van der Waals surface area contributed by atoms with E-state index in [0.717, 1.165) is 16.8 Å². The lowest BCUT2D eigenvalue weighted by Crippen LogP contribution is -1.97. The topological polar surface area (TPSA) is 55.5 Å². The van der Waals surface area contributed by atoms with Crippen LogP contribution in [0.2, 0.25) is 0 Å². The second-order valence-corrected chi connectivity index (χ2v) is 5.05. The third-order valence-electron chi connectivity index (χ3n) is 3.30. The van der Waals surface area contributed by atoms with Crippen molar-refractivity contribution in [1.82, 2.24) is 4.98 Å². The fourth-order valence-corrected chi connectivity index (χ4v) is 2.11. The summed E-state index contributed by atoms with van der Waals surface area (Å²) in [6, 6.07) is 17.1. The van der Waals surface area contributed by atoms with Crippen LogP contribution >= 0.6 is 0 Å². The van der Waals surface area contributed by atoms with Gasteiger partial charge in [-0.3, -0.25) is 0 Å². The van der Waals surface area contributed by atoms with E-state index in [1.165, 1.54) is 0 Å². The Morgan fingerprint density at radius 3 is 2.73 bits per heavy atom. The molecule has 1 atom stereocenters. The molecule has 0 radical (unpaired) electrons. The lowest BCUT2D eigenvalue weighted by molar-refractivity contribution is 0.198. The zero-order valence-electron chi connectivity index (χ0n) is 12.3. The van der Waals surface area contributed by atoms with Gasteiger partial charge in [0.15, 0.2) is 0 Å². The molecule has 3 rings (SSSR count). The van der Waals surface area contributed by atoms with Crippen molar-refractivity contribution in [1.29, 1.82) is 0 Å². The predicted molar refractivity (Wildman–Crippen MR) is 83.3 cm³/mol. The molecule has 0 fully saturated rings. The van der Waals surface area contributed by atoms with E-state index in [0.29, 0.717) is 18.2 Å². The average molecular weight is 295 g/mol. The van der Waals surface area contributed by atoms with Gasteiger partial charge in [0.1, 0.15) is 24.3 Å². The molecule has 0 saturated heterocycles. The number of aromatic nitrogens is 1. The van der Waals surface area contributed by atoms with Crippen LogP contribution < -0.4 is 4.74 Å². The van der Waals surface area contributed by atoms with Gasteiger partial charge in [-0.1, -0.05) is 30.3 Å². The van der Waals surface area contributed by atoms with Crippen molar-refractivity contribution in [2.45, 2.75) is 19.6 Å². The number of hydrogen-bond donors (Lipinski definition) is 1. The van der Waals surface area contributed by atoms with Gasteiger partial charge in [0.25, 0.3) is 0 Å². The number of hydrogen-bond acceptors (Lipinski definition) is 4. The Kier molecular flexibility index (Phi) is 4.21. The van der Waals surface area contributed by atoms with Crippen LogP contribution in [0.1, 0.15) is 24.3 Å². The summed E-state index contributed by atoms with van der Waals surface area (Å²) in [6.07, 6.45) is 1.08. The molecule has 1 heterocycles. The smallest absolute Gasteiger partial charge is 0.226 e. The minimum absolute atomic E-state index is 0.319.